The SMILES string of the molecule is O=C(Nc1ccc2ncccc2c1)c1ccc(NS(=O)(=O)c2ccc(Br)cc2)cc1. The summed E-state index contributed by atoms with van der Waals surface area (Å²) in [6.45, 7) is 0. The van der Waals surface area contributed by atoms with Crippen molar-refractivity contribution < 1.29 is 13.2 Å². The van der Waals surface area contributed by atoms with Gasteiger partial charge in [-0.1, -0.05) is 22.0 Å². The third-order valence-electron chi connectivity index (χ3n) is 4.38. The summed E-state index contributed by atoms with van der Waals surface area (Å²) in [5, 5.41) is 3.76. The normalized spacial score (nSPS) is 11.2. The molecule has 4 rings (SSSR count). The van der Waals surface area contributed by atoms with Crippen LogP contribution in [0.4, 0.5) is 11.4 Å². The van der Waals surface area contributed by atoms with Crippen molar-refractivity contribution in [2.45, 2.75) is 4.90 Å². The van der Waals surface area contributed by atoms with Crippen molar-refractivity contribution in [3.8, 4) is 0 Å². The van der Waals surface area contributed by atoms with E-state index < -0.39 is 10.0 Å². The molecule has 0 aliphatic carbocycles. The number of halogens is 1. The number of benzene rings is 3. The van der Waals surface area contributed by atoms with Crippen molar-refractivity contribution in [1.29, 1.82) is 0 Å². The molecule has 1 heterocycles. The van der Waals surface area contributed by atoms with Crippen molar-refractivity contribution in [2.75, 3.05) is 10.0 Å². The highest BCUT2D eigenvalue weighted by Crippen LogP contribution is 2.20. The summed E-state index contributed by atoms with van der Waals surface area (Å²) in [6, 6.07) is 21.8. The van der Waals surface area contributed by atoms with Gasteiger partial charge in [-0.3, -0.25) is 14.5 Å². The molecule has 2 N–H and O–H groups in total. The van der Waals surface area contributed by atoms with Gasteiger partial charge in [-0.15, -0.1) is 0 Å². The van der Waals surface area contributed by atoms with Crippen LogP contribution in [-0.4, -0.2) is 19.3 Å². The third kappa shape index (κ3) is 4.50. The fourth-order valence-electron chi connectivity index (χ4n) is 2.87. The third-order valence-corrected chi connectivity index (χ3v) is 6.31. The van der Waals surface area contributed by atoms with Crippen LogP contribution in [0.3, 0.4) is 0 Å². The van der Waals surface area contributed by atoms with E-state index in [1.807, 2.05) is 24.3 Å². The number of anilines is 2. The van der Waals surface area contributed by atoms with Crippen LogP contribution < -0.4 is 10.0 Å². The van der Waals surface area contributed by atoms with E-state index in [4.69, 9.17) is 0 Å². The van der Waals surface area contributed by atoms with Gasteiger partial charge in [0.2, 0.25) is 0 Å². The molecule has 4 aromatic rings. The first-order valence-corrected chi connectivity index (χ1v) is 11.2. The fourth-order valence-corrected chi connectivity index (χ4v) is 4.20. The highest BCUT2D eigenvalue weighted by Gasteiger charge is 2.14. The number of sulfonamides is 1. The van der Waals surface area contributed by atoms with E-state index in [2.05, 4.69) is 31.0 Å². The van der Waals surface area contributed by atoms with Crippen molar-refractivity contribution in [2.24, 2.45) is 0 Å². The Morgan fingerprint density at radius 3 is 2.30 bits per heavy atom. The van der Waals surface area contributed by atoms with Crippen molar-refractivity contribution in [3.05, 3.63) is 95.1 Å². The summed E-state index contributed by atoms with van der Waals surface area (Å²) in [6.07, 6.45) is 1.72. The summed E-state index contributed by atoms with van der Waals surface area (Å²) in [5.74, 6) is -0.291. The number of amides is 1. The first-order valence-electron chi connectivity index (χ1n) is 8.95. The van der Waals surface area contributed by atoms with Gasteiger partial charge < -0.3 is 5.32 Å². The minimum Gasteiger partial charge on any atom is -0.322 e. The highest BCUT2D eigenvalue weighted by molar-refractivity contribution is 9.10. The number of aromatic nitrogens is 1. The molecular weight excluding hydrogens is 466 g/mol. The monoisotopic (exact) mass is 481 g/mol. The average Bonchev–Trinajstić information content (AvgIpc) is 2.74. The lowest BCUT2D eigenvalue weighted by Gasteiger charge is -2.10. The molecule has 30 heavy (non-hydrogen) atoms. The van der Waals surface area contributed by atoms with Gasteiger partial charge in [-0.05, 0) is 72.8 Å². The summed E-state index contributed by atoms with van der Waals surface area (Å²) in [5.41, 5.74) is 2.28. The molecule has 0 fully saturated rings. The van der Waals surface area contributed by atoms with Gasteiger partial charge in [0.15, 0.2) is 0 Å². The highest BCUT2D eigenvalue weighted by atomic mass is 79.9. The zero-order chi connectivity index (χ0) is 21.1. The summed E-state index contributed by atoms with van der Waals surface area (Å²) >= 11 is 3.28. The zero-order valence-electron chi connectivity index (χ0n) is 15.5. The number of nitrogens with zero attached hydrogens (tertiary/aromatic N) is 1. The van der Waals surface area contributed by atoms with Crippen molar-refractivity contribution >= 4 is 54.1 Å². The van der Waals surface area contributed by atoms with Crippen LogP contribution in [0, 0.1) is 0 Å². The Bertz CT molecular complexity index is 1320. The maximum absolute atomic E-state index is 12.5. The standard InChI is InChI=1S/C22H16BrN3O3S/c23-17-5-10-20(11-6-17)30(28,29)26-18-7-3-15(4-8-18)22(27)25-19-9-12-21-16(14-19)2-1-13-24-21/h1-14,26H,(H,25,27). The van der Waals surface area contributed by atoms with Gasteiger partial charge in [0.1, 0.15) is 0 Å². The van der Waals surface area contributed by atoms with Gasteiger partial charge >= 0.3 is 0 Å². The first kappa shape index (κ1) is 20.1. The Hall–Kier alpha value is -3.23. The molecule has 0 radical (unpaired) electrons. The predicted molar refractivity (Wildman–Crippen MR) is 121 cm³/mol. The number of fused-ring (bicyclic) bond motifs is 1. The Morgan fingerprint density at radius 2 is 1.57 bits per heavy atom. The van der Waals surface area contributed by atoms with Gasteiger partial charge in [0.25, 0.3) is 15.9 Å². The van der Waals surface area contributed by atoms with Gasteiger partial charge in [-0.2, -0.15) is 0 Å². The maximum Gasteiger partial charge on any atom is 0.261 e. The smallest absolute Gasteiger partial charge is 0.261 e. The van der Waals surface area contributed by atoms with Crippen LogP contribution >= 0.6 is 15.9 Å². The average molecular weight is 482 g/mol. The van der Waals surface area contributed by atoms with Crippen LogP contribution in [0.25, 0.3) is 10.9 Å². The molecule has 1 amide bonds. The molecule has 0 unspecified atom stereocenters. The molecule has 1 aromatic heterocycles. The summed E-state index contributed by atoms with van der Waals surface area (Å²) in [4.78, 5) is 16.9. The van der Waals surface area contributed by atoms with E-state index in [1.54, 1.807) is 48.7 Å². The molecule has 0 bridgehead atoms. The first-order chi connectivity index (χ1) is 14.4. The zero-order valence-corrected chi connectivity index (χ0v) is 17.9. The number of hydrogen-bond donors (Lipinski definition) is 2. The minimum atomic E-state index is -3.71. The second kappa shape index (κ2) is 8.25. The van der Waals surface area contributed by atoms with Gasteiger partial charge in [-0.25, -0.2) is 8.42 Å². The lowest BCUT2D eigenvalue weighted by molar-refractivity contribution is 0.102. The number of nitrogens with one attached hydrogen (secondary N) is 2. The van der Waals surface area contributed by atoms with Crippen LogP contribution in [0.5, 0.6) is 0 Å². The quantitative estimate of drug-likeness (QED) is 0.417. The van der Waals surface area contributed by atoms with Crippen molar-refractivity contribution in [1.82, 2.24) is 4.98 Å². The van der Waals surface area contributed by atoms with Crippen LogP contribution in [0.1, 0.15) is 10.4 Å². The number of rotatable bonds is 5. The Labute approximate surface area is 182 Å². The second-order valence-electron chi connectivity index (χ2n) is 6.50. The fraction of sp³-hybridized carbons (Fsp3) is 0. The van der Waals surface area contributed by atoms with E-state index in [1.165, 1.54) is 12.1 Å². The summed E-state index contributed by atoms with van der Waals surface area (Å²) < 4.78 is 28.2. The lowest BCUT2D eigenvalue weighted by atomic mass is 10.1. The van der Waals surface area contributed by atoms with E-state index in [-0.39, 0.29) is 10.8 Å². The molecule has 0 saturated heterocycles. The maximum atomic E-state index is 12.5. The van der Waals surface area contributed by atoms with Crippen LogP contribution in [0.15, 0.2) is 94.4 Å². The molecule has 0 saturated carbocycles. The lowest BCUT2D eigenvalue weighted by Crippen LogP contribution is -2.14. The largest absolute Gasteiger partial charge is 0.322 e. The molecule has 8 heteroatoms. The number of carbonyl (C=O) groups is 1. The van der Waals surface area contributed by atoms with E-state index in [0.717, 1.165) is 15.4 Å². The Morgan fingerprint density at radius 1 is 0.867 bits per heavy atom. The van der Waals surface area contributed by atoms with Crippen molar-refractivity contribution in [3.63, 3.8) is 0 Å². The Balaban J connectivity index is 1.47. The van der Waals surface area contributed by atoms with E-state index in [0.29, 0.717) is 16.9 Å². The second-order valence-corrected chi connectivity index (χ2v) is 9.10. The van der Waals surface area contributed by atoms with E-state index in [9.17, 15) is 13.2 Å². The summed E-state index contributed by atoms with van der Waals surface area (Å²) in [7, 11) is -3.71. The Kier molecular flexibility index (Phi) is 5.52. The number of pyridine rings is 1. The topological polar surface area (TPSA) is 88.2 Å². The predicted octanol–water partition coefficient (Wildman–Crippen LogP) is 5.05. The molecule has 0 spiro atoms. The number of carbonyl (C=O) groups excluding carboxylic acids is 1. The molecule has 0 atom stereocenters. The van der Waals surface area contributed by atoms with E-state index >= 15 is 0 Å². The molecule has 0 aliphatic rings. The van der Waals surface area contributed by atoms with Gasteiger partial charge in [0.05, 0.1) is 10.4 Å². The van der Waals surface area contributed by atoms with Crippen LogP contribution in [0.2, 0.25) is 0 Å². The molecule has 6 nitrogen and oxygen atoms in total. The minimum absolute atomic E-state index is 0.151. The number of hydrogen-bond acceptors (Lipinski definition) is 4. The molecule has 150 valence electrons. The van der Waals surface area contributed by atoms with Crippen LogP contribution in [-0.2, 0) is 10.0 Å². The molecular formula is C22H16BrN3O3S. The molecule has 0 aliphatic heterocycles. The van der Waals surface area contributed by atoms with Gasteiger partial charge in [0, 0.05) is 33.0 Å². The molecule has 3 aromatic carbocycles.